The van der Waals surface area contributed by atoms with E-state index in [0.717, 1.165) is 23.5 Å². The molecular formula is C31H33F6N5O3S. The lowest BCUT2D eigenvalue weighted by atomic mass is 10.0. The van der Waals surface area contributed by atoms with Gasteiger partial charge in [0.2, 0.25) is 5.91 Å². The quantitative estimate of drug-likeness (QED) is 0.195. The zero-order valence-electron chi connectivity index (χ0n) is 25.3. The molecule has 3 aromatic rings. The molecular weight excluding hydrogens is 636 g/mol. The Morgan fingerprint density at radius 2 is 1.87 bits per heavy atom. The number of anilines is 2. The fraction of sp³-hybridized carbons (Fsp3) is 0.419. The van der Waals surface area contributed by atoms with E-state index in [1.54, 1.807) is 23.1 Å². The number of hydrogen-bond donors (Lipinski definition) is 3. The van der Waals surface area contributed by atoms with Crippen molar-refractivity contribution in [3.05, 3.63) is 52.2 Å². The molecule has 0 aliphatic carbocycles. The van der Waals surface area contributed by atoms with Gasteiger partial charge in [-0.15, -0.1) is 11.3 Å². The normalized spacial score (nSPS) is 13.9. The predicted octanol–water partition coefficient (Wildman–Crippen LogP) is 5.53. The van der Waals surface area contributed by atoms with Crippen LogP contribution in [-0.4, -0.2) is 87.8 Å². The van der Waals surface area contributed by atoms with Gasteiger partial charge in [-0.05, 0) is 50.0 Å². The smallest absolute Gasteiger partial charge is 0.393 e. The van der Waals surface area contributed by atoms with Gasteiger partial charge >= 0.3 is 12.8 Å². The first-order valence-corrected chi connectivity index (χ1v) is 15.1. The lowest BCUT2D eigenvalue weighted by molar-refractivity contribution is -0.132. The first-order valence-electron chi connectivity index (χ1n) is 14.3. The van der Waals surface area contributed by atoms with Gasteiger partial charge in [0, 0.05) is 32.2 Å². The molecule has 0 unspecified atom stereocenters. The molecule has 4 rings (SSSR count). The van der Waals surface area contributed by atoms with Crippen LogP contribution in [0.3, 0.4) is 0 Å². The van der Waals surface area contributed by atoms with E-state index in [1.807, 2.05) is 19.0 Å². The van der Waals surface area contributed by atoms with E-state index in [4.69, 9.17) is 0 Å². The van der Waals surface area contributed by atoms with Crippen LogP contribution < -0.4 is 20.7 Å². The SMILES string of the molecule is CNC(=O)c1cc(OC(F)F)c(NCC#Cc2sc3c(NC4CCN(C(=O)CN(C)C)CC4)cccc3c2CC(F)(F)F)cc1F. The highest BCUT2D eigenvalue weighted by atomic mass is 32.1. The summed E-state index contributed by atoms with van der Waals surface area (Å²) in [5.41, 5.74) is -0.0525. The Balaban J connectivity index is 1.56. The maximum Gasteiger partial charge on any atom is 0.393 e. The van der Waals surface area contributed by atoms with Crippen molar-refractivity contribution in [2.24, 2.45) is 0 Å². The molecule has 2 heterocycles. The number of thiophene rings is 1. The van der Waals surface area contributed by atoms with E-state index in [0.29, 0.717) is 48.2 Å². The van der Waals surface area contributed by atoms with Crippen LogP contribution in [0.2, 0.25) is 0 Å². The van der Waals surface area contributed by atoms with Gasteiger partial charge in [-0.3, -0.25) is 9.59 Å². The van der Waals surface area contributed by atoms with Gasteiger partial charge in [0.15, 0.2) is 0 Å². The molecule has 8 nitrogen and oxygen atoms in total. The number of piperidine rings is 1. The zero-order chi connectivity index (χ0) is 33.6. The second-order valence-electron chi connectivity index (χ2n) is 10.9. The fourth-order valence-corrected chi connectivity index (χ4v) is 6.25. The van der Waals surface area contributed by atoms with Gasteiger partial charge in [0.1, 0.15) is 11.6 Å². The van der Waals surface area contributed by atoms with Crippen molar-refractivity contribution in [2.45, 2.75) is 38.1 Å². The Kier molecular flexibility index (Phi) is 11.3. The molecule has 0 bridgehead atoms. The third-order valence-electron chi connectivity index (χ3n) is 7.18. The summed E-state index contributed by atoms with van der Waals surface area (Å²) >= 11 is 1.10. The molecule has 2 aromatic carbocycles. The van der Waals surface area contributed by atoms with Crippen molar-refractivity contribution < 1.29 is 40.7 Å². The molecule has 1 saturated heterocycles. The summed E-state index contributed by atoms with van der Waals surface area (Å²) in [6, 6.07) is 6.71. The highest BCUT2D eigenvalue weighted by Gasteiger charge is 2.31. The summed E-state index contributed by atoms with van der Waals surface area (Å²) in [7, 11) is 4.90. The fourth-order valence-electron chi connectivity index (χ4n) is 5.08. The van der Waals surface area contributed by atoms with E-state index in [1.165, 1.54) is 7.05 Å². The minimum absolute atomic E-state index is 0.00968. The number of likely N-dealkylation sites (tertiary alicyclic amines) is 1. The number of nitrogens with zero attached hydrogens (tertiary/aromatic N) is 2. The van der Waals surface area contributed by atoms with Crippen LogP contribution in [0.5, 0.6) is 5.75 Å². The van der Waals surface area contributed by atoms with Gasteiger partial charge in [-0.2, -0.15) is 22.0 Å². The van der Waals surface area contributed by atoms with Crippen LogP contribution in [0.4, 0.5) is 37.7 Å². The minimum Gasteiger partial charge on any atom is -0.433 e. The van der Waals surface area contributed by atoms with Crippen LogP contribution in [0.15, 0.2) is 30.3 Å². The summed E-state index contributed by atoms with van der Waals surface area (Å²) < 4.78 is 86.5. The summed E-state index contributed by atoms with van der Waals surface area (Å²) in [5.74, 6) is 3.14. The van der Waals surface area contributed by atoms with Crippen molar-refractivity contribution >= 4 is 44.6 Å². The molecule has 1 aromatic heterocycles. The largest absolute Gasteiger partial charge is 0.433 e. The van der Waals surface area contributed by atoms with Crippen LogP contribution in [0.1, 0.15) is 33.6 Å². The summed E-state index contributed by atoms with van der Waals surface area (Å²) in [6.07, 6.45) is -4.37. The highest BCUT2D eigenvalue weighted by molar-refractivity contribution is 7.20. The Hall–Kier alpha value is -4.16. The van der Waals surface area contributed by atoms with Crippen LogP contribution >= 0.6 is 11.3 Å². The molecule has 3 N–H and O–H groups in total. The number of hydrogen-bond acceptors (Lipinski definition) is 7. The molecule has 1 aliphatic rings. The number of fused-ring (bicyclic) bond motifs is 1. The first-order chi connectivity index (χ1) is 21.8. The number of likely N-dealkylation sites (N-methyl/N-ethyl adjacent to an activating group) is 1. The number of rotatable bonds is 10. The van der Waals surface area contributed by atoms with Gasteiger partial charge in [-0.1, -0.05) is 24.0 Å². The number of ether oxygens (including phenoxy) is 1. The number of carbonyl (C=O) groups is 2. The highest BCUT2D eigenvalue weighted by Crippen LogP contribution is 2.39. The van der Waals surface area contributed by atoms with E-state index < -0.39 is 42.2 Å². The monoisotopic (exact) mass is 669 g/mol. The van der Waals surface area contributed by atoms with Crippen molar-refractivity contribution in [1.82, 2.24) is 15.1 Å². The zero-order valence-corrected chi connectivity index (χ0v) is 26.1. The molecule has 0 atom stereocenters. The van der Waals surface area contributed by atoms with Gasteiger partial charge in [0.25, 0.3) is 5.91 Å². The summed E-state index contributed by atoms with van der Waals surface area (Å²) in [5, 5.41) is 8.68. The van der Waals surface area contributed by atoms with Crippen molar-refractivity contribution in [1.29, 1.82) is 0 Å². The lowest BCUT2D eigenvalue weighted by Crippen LogP contribution is -2.45. The molecule has 248 valence electrons. The minimum atomic E-state index is -4.51. The second-order valence-corrected chi connectivity index (χ2v) is 11.9. The van der Waals surface area contributed by atoms with Crippen LogP contribution in [-0.2, 0) is 11.2 Å². The molecule has 1 aliphatic heterocycles. The van der Waals surface area contributed by atoms with Gasteiger partial charge in [-0.25, -0.2) is 4.39 Å². The Labute approximate surface area is 266 Å². The van der Waals surface area contributed by atoms with Gasteiger partial charge < -0.3 is 30.5 Å². The number of carbonyl (C=O) groups excluding carboxylic acids is 2. The Morgan fingerprint density at radius 3 is 2.50 bits per heavy atom. The topological polar surface area (TPSA) is 85.9 Å². The molecule has 15 heteroatoms. The van der Waals surface area contributed by atoms with E-state index >= 15 is 0 Å². The summed E-state index contributed by atoms with van der Waals surface area (Å²) in [6.45, 7) is -2.07. The number of halogens is 6. The molecule has 1 fully saturated rings. The van der Waals surface area contributed by atoms with E-state index in [-0.39, 0.29) is 34.6 Å². The third-order valence-corrected chi connectivity index (χ3v) is 8.38. The number of alkyl halides is 5. The number of benzene rings is 2. The average Bonchev–Trinajstić information content (AvgIpc) is 3.32. The number of amides is 2. The third kappa shape index (κ3) is 8.97. The predicted molar refractivity (Wildman–Crippen MR) is 165 cm³/mol. The average molecular weight is 670 g/mol. The standard InChI is InChI=1S/C31H33F6N5O3S/c1-38-29(44)20-14-25(45-30(33)34)24(15-22(20)32)39-11-5-8-26-21(16-31(35,36)37)19-6-4-7-23(28(19)46-26)40-18-9-12-42(13-10-18)27(43)17-41(2)3/h4,6-7,14-15,18,30,39-40H,9-13,16-17H2,1-3H3,(H,38,44). The Bertz CT molecular complexity index is 1620. The molecule has 0 radical (unpaired) electrons. The van der Waals surface area contributed by atoms with Crippen molar-refractivity contribution in [3.63, 3.8) is 0 Å². The molecule has 46 heavy (non-hydrogen) atoms. The number of nitrogens with one attached hydrogen (secondary N) is 3. The molecule has 2 amide bonds. The molecule has 0 spiro atoms. The van der Waals surface area contributed by atoms with E-state index in [2.05, 4.69) is 32.5 Å². The van der Waals surface area contributed by atoms with E-state index in [9.17, 15) is 35.9 Å². The summed E-state index contributed by atoms with van der Waals surface area (Å²) in [4.78, 5) is 28.1. The molecule has 0 saturated carbocycles. The lowest BCUT2D eigenvalue weighted by Gasteiger charge is -2.33. The van der Waals surface area contributed by atoms with Crippen molar-refractivity contribution in [2.75, 3.05) is 58.0 Å². The van der Waals surface area contributed by atoms with Crippen LogP contribution in [0.25, 0.3) is 10.1 Å². The maximum absolute atomic E-state index is 14.5. The van der Waals surface area contributed by atoms with Crippen molar-refractivity contribution in [3.8, 4) is 17.6 Å². The first kappa shape index (κ1) is 34.7. The maximum atomic E-state index is 14.5. The van der Waals surface area contributed by atoms with Crippen LogP contribution in [0, 0.1) is 17.7 Å². The van der Waals surface area contributed by atoms with Gasteiger partial charge in [0.05, 0.1) is 46.0 Å². The second kappa shape index (κ2) is 15.0. The Morgan fingerprint density at radius 1 is 1.15 bits per heavy atom.